The van der Waals surface area contributed by atoms with Gasteiger partial charge in [0.15, 0.2) is 0 Å². The number of nitrogens with zero attached hydrogens (tertiary/aromatic N) is 1. The zero-order valence-corrected chi connectivity index (χ0v) is 17.9. The summed E-state index contributed by atoms with van der Waals surface area (Å²) in [6.45, 7) is 0. The molecule has 5 aromatic rings. The standard InChI is InChI=1S/C26H16F3N3O3/c27-26(28,29)23-14-21(19-6-1-2-7-20(19)32-23)30-17-4-3-5-18(13-17)31-25(34)16-8-10-22-15(12-16)9-11-24(33)35-22/h1-14H,(H,30,32)(H,31,34). The molecule has 174 valence electrons. The Morgan fingerprint density at radius 2 is 1.66 bits per heavy atom. The van der Waals surface area contributed by atoms with Crippen molar-refractivity contribution in [1.82, 2.24) is 4.98 Å². The second-order valence-electron chi connectivity index (χ2n) is 7.74. The Bertz CT molecular complexity index is 1640. The van der Waals surface area contributed by atoms with Crippen LogP contribution in [0, 0.1) is 0 Å². The van der Waals surface area contributed by atoms with Crippen molar-refractivity contribution in [1.29, 1.82) is 0 Å². The van der Waals surface area contributed by atoms with Crippen molar-refractivity contribution >= 4 is 44.8 Å². The molecule has 2 aromatic heterocycles. The van der Waals surface area contributed by atoms with Gasteiger partial charge in [0.1, 0.15) is 11.3 Å². The predicted molar refractivity (Wildman–Crippen MR) is 127 cm³/mol. The third kappa shape index (κ3) is 4.70. The SMILES string of the molecule is O=C(Nc1cccc(Nc2cc(C(F)(F)F)nc3ccccc23)c1)c1ccc2oc(=O)ccc2c1. The van der Waals surface area contributed by atoms with Gasteiger partial charge in [-0.05, 0) is 54.6 Å². The molecule has 1 amide bonds. The van der Waals surface area contributed by atoms with Crippen LogP contribution in [0.4, 0.5) is 30.2 Å². The fourth-order valence-electron chi connectivity index (χ4n) is 3.67. The maximum atomic E-state index is 13.4. The largest absolute Gasteiger partial charge is 0.433 e. The lowest BCUT2D eigenvalue weighted by atomic mass is 10.1. The van der Waals surface area contributed by atoms with Gasteiger partial charge in [0.05, 0.1) is 11.2 Å². The van der Waals surface area contributed by atoms with E-state index in [2.05, 4.69) is 15.6 Å². The topological polar surface area (TPSA) is 84.2 Å². The zero-order chi connectivity index (χ0) is 24.6. The average Bonchev–Trinajstić information content (AvgIpc) is 2.83. The number of aromatic nitrogens is 1. The van der Waals surface area contributed by atoms with E-state index in [1.165, 1.54) is 24.3 Å². The van der Waals surface area contributed by atoms with Gasteiger partial charge in [0, 0.05) is 33.8 Å². The van der Waals surface area contributed by atoms with E-state index in [0.717, 1.165) is 6.07 Å². The molecular weight excluding hydrogens is 459 g/mol. The van der Waals surface area contributed by atoms with Crippen LogP contribution in [0.3, 0.4) is 0 Å². The van der Waals surface area contributed by atoms with Crippen LogP contribution in [0.15, 0.2) is 94.1 Å². The van der Waals surface area contributed by atoms with Crippen molar-refractivity contribution in [2.24, 2.45) is 0 Å². The summed E-state index contributed by atoms with van der Waals surface area (Å²) in [5.41, 5.74) is 0.590. The predicted octanol–water partition coefficient (Wildman–Crippen LogP) is 6.36. The fraction of sp³-hybridized carbons (Fsp3) is 0.0385. The molecule has 35 heavy (non-hydrogen) atoms. The number of nitrogens with one attached hydrogen (secondary N) is 2. The molecule has 6 nitrogen and oxygen atoms in total. The second-order valence-corrected chi connectivity index (χ2v) is 7.74. The van der Waals surface area contributed by atoms with Crippen molar-refractivity contribution in [3.63, 3.8) is 0 Å². The van der Waals surface area contributed by atoms with Gasteiger partial charge < -0.3 is 15.1 Å². The van der Waals surface area contributed by atoms with E-state index in [1.54, 1.807) is 54.6 Å². The number of hydrogen-bond acceptors (Lipinski definition) is 5. The number of fused-ring (bicyclic) bond motifs is 2. The Labute approximate surface area is 196 Å². The fourth-order valence-corrected chi connectivity index (χ4v) is 3.67. The Kier molecular flexibility index (Phi) is 5.44. The van der Waals surface area contributed by atoms with E-state index >= 15 is 0 Å². The third-order valence-electron chi connectivity index (χ3n) is 5.29. The summed E-state index contributed by atoms with van der Waals surface area (Å²) in [6, 6.07) is 21.6. The van der Waals surface area contributed by atoms with E-state index in [4.69, 9.17) is 4.42 Å². The molecule has 0 fully saturated rings. The lowest BCUT2D eigenvalue weighted by molar-refractivity contribution is -0.140. The van der Waals surface area contributed by atoms with Crippen LogP contribution < -0.4 is 16.3 Å². The van der Waals surface area contributed by atoms with E-state index < -0.39 is 23.4 Å². The summed E-state index contributed by atoms with van der Waals surface area (Å²) in [6.07, 6.45) is -4.60. The van der Waals surface area contributed by atoms with Gasteiger partial charge in [-0.15, -0.1) is 0 Å². The van der Waals surface area contributed by atoms with Gasteiger partial charge in [-0.3, -0.25) is 4.79 Å². The number of halogens is 3. The highest BCUT2D eigenvalue weighted by molar-refractivity contribution is 6.06. The Hall–Kier alpha value is -4.66. The normalized spacial score (nSPS) is 11.5. The molecule has 0 unspecified atom stereocenters. The molecule has 0 radical (unpaired) electrons. The van der Waals surface area contributed by atoms with Crippen molar-refractivity contribution in [3.05, 3.63) is 107 Å². The molecule has 2 N–H and O–H groups in total. The number of amides is 1. The van der Waals surface area contributed by atoms with E-state index in [-0.39, 0.29) is 11.2 Å². The van der Waals surface area contributed by atoms with Crippen LogP contribution in [0.2, 0.25) is 0 Å². The number of rotatable bonds is 4. The average molecular weight is 475 g/mol. The van der Waals surface area contributed by atoms with Crippen LogP contribution in [-0.4, -0.2) is 10.9 Å². The van der Waals surface area contributed by atoms with E-state index in [9.17, 15) is 22.8 Å². The first kappa shape index (κ1) is 22.1. The van der Waals surface area contributed by atoms with Gasteiger partial charge in [-0.2, -0.15) is 13.2 Å². The van der Waals surface area contributed by atoms with Crippen molar-refractivity contribution in [2.75, 3.05) is 10.6 Å². The number of pyridine rings is 1. The van der Waals surface area contributed by atoms with Gasteiger partial charge in [-0.1, -0.05) is 24.3 Å². The van der Waals surface area contributed by atoms with Gasteiger partial charge in [0.25, 0.3) is 5.91 Å². The summed E-state index contributed by atoms with van der Waals surface area (Å²) in [5.74, 6) is -0.399. The second kappa shape index (κ2) is 8.60. The molecular formula is C26H16F3N3O3. The van der Waals surface area contributed by atoms with Crippen LogP contribution >= 0.6 is 0 Å². The molecule has 3 aromatic carbocycles. The number of para-hydroxylation sites is 1. The lowest BCUT2D eigenvalue weighted by Gasteiger charge is -2.14. The van der Waals surface area contributed by atoms with Gasteiger partial charge >= 0.3 is 11.8 Å². The van der Waals surface area contributed by atoms with Crippen LogP contribution in [-0.2, 0) is 6.18 Å². The summed E-state index contributed by atoms with van der Waals surface area (Å²) in [4.78, 5) is 27.8. The minimum absolute atomic E-state index is 0.210. The molecule has 0 atom stereocenters. The summed E-state index contributed by atoms with van der Waals surface area (Å²) in [7, 11) is 0. The maximum absolute atomic E-state index is 13.4. The van der Waals surface area contributed by atoms with Crippen LogP contribution in [0.25, 0.3) is 21.9 Å². The molecule has 0 saturated heterocycles. The highest BCUT2D eigenvalue weighted by atomic mass is 19.4. The molecule has 0 spiro atoms. The molecule has 0 aliphatic carbocycles. The van der Waals surface area contributed by atoms with Crippen molar-refractivity contribution in [3.8, 4) is 0 Å². The third-order valence-corrected chi connectivity index (χ3v) is 5.29. The van der Waals surface area contributed by atoms with Crippen LogP contribution in [0.1, 0.15) is 16.1 Å². The van der Waals surface area contributed by atoms with Gasteiger partial charge in [0.2, 0.25) is 0 Å². The number of hydrogen-bond donors (Lipinski definition) is 2. The quantitative estimate of drug-likeness (QED) is 0.296. The molecule has 2 heterocycles. The minimum atomic E-state index is -4.60. The maximum Gasteiger partial charge on any atom is 0.433 e. The molecule has 0 aliphatic rings. The summed E-state index contributed by atoms with van der Waals surface area (Å²) < 4.78 is 45.2. The van der Waals surface area contributed by atoms with Crippen molar-refractivity contribution in [2.45, 2.75) is 6.18 Å². The first-order valence-corrected chi connectivity index (χ1v) is 10.5. The van der Waals surface area contributed by atoms with E-state index in [1.807, 2.05) is 0 Å². The lowest BCUT2D eigenvalue weighted by Crippen LogP contribution is -2.12. The van der Waals surface area contributed by atoms with E-state index in [0.29, 0.717) is 33.3 Å². The molecule has 0 saturated carbocycles. The monoisotopic (exact) mass is 475 g/mol. The smallest absolute Gasteiger partial charge is 0.423 e. The molecule has 0 bridgehead atoms. The summed E-state index contributed by atoms with van der Waals surface area (Å²) in [5, 5.41) is 6.90. The number of anilines is 3. The highest BCUT2D eigenvalue weighted by Gasteiger charge is 2.33. The Morgan fingerprint density at radius 1 is 0.857 bits per heavy atom. The zero-order valence-electron chi connectivity index (χ0n) is 17.9. The molecule has 0 aliphatic heterocycles. The number of carbonyl (C=O) groups excluding carboxylic acids is 1. The van der Waals surface area contributed by atoms with Gasteiger partial charge in [-0.25, -0.2) is 9.78 Å². The first-order valence-electron chi connectivity index (χ1n) is 10.5. The Balaban J connectivity index is 1.42. The van der Waals surface area contributed by atoms with Crippen LogP contribution in [0.5, 0.6) is 0 Å². The number of carbonyl (C=O) groups is 1. The first-order chi connectivity index (χ1) is 16.8. The summed E-state index contributed by atoms with van der Waals surface area (Å²) >= 11 is 0. The number of benzene rings is 3. The molecule has 5 rings (SSSR count). The number of alkyl halides is 3. The minimum Gasteiger partial charge on any atom is -0.423 e. The highest BCUT2D eigenvalue weighted by Crippen LogP contribution is 2.34. The molecule has 9 heteroatoms. The van der Waals surface area contributed by atoms with Crippen molar-refractivity contribution < 1.29 is 22.4 Å². The Morgan fingerprint density at radius 3 is 2.49 bits per heavy atom.